The fraction of sp³-hybridized carbons (Fsp3) is 0.333. The zero-order chi connectivity index (χ0) is 13.1. The number of carbonyl (C=O) groups excluding carboxylic acids is 1. The maximum Gasteiger partial charge on any atom is 0.574 e. The van der Waals surface area contributed by atoms with Gasteiger partial charge in [0, 0.05) is 6.07 Å². The number of rotatable bonds is 3. The average molecular weight is 270 g/mol. The highest BCUT2D eigenvalue weighted by atomic mass is 35.5. The minimum atomic E-state index is -4.86. The first-order valence-electron chi connectivity index (χ1n) is 4.43. The molecule has 4 nitrogen and oxygen atoms in total. The van der Waals surface area contributed by atoms with Gasteiger partial charge >= 0.3 is 12.3 Å². The summed E-state index contributed by atoms with van der Waals surface area (Å²) in [5.74, 6) is -1.50. The quantitative estimate of drug-likeness (QED) is 0.625. The van der Waals surface area contributed by atoms with Crippen LogP contribution < -0.4 is 4.74 Å². The molecule has 1 rings (SSSR count). The summed E-state index contributed by atoms with van der Waals surface area (Å²) in [6.07, 6.45) is -4.86. The van der Waals surface area contributed by atoms with E-state index in [9.17, 15) is 18.0 Å². The molecule has 0 saturated carbocycles. The Bertz CT molecular complexity index is 422. The lowest BCUT2D eigenvalue weighted by Gasteiger charge is -2.09. The number of hydrogen-bond donors (Lipinski definition) is 0. The van der Waals surface area contributed by atoms with Gasteiger partial charge in [-0.15, -0.1) is 13.2 Å². The van der Waals surface area contributed by atoms with Gasteiger partial charge in [0.1, 0.15) is 5.15 Å². The standard InChI is InChI=1S/C9H7ClF3NO3/c1-2-16-8(15)5-3-4-6(14-7(5)10)17-9(11,12)13/h3-4H,2H2,1H3. The van der Waals surface area contributed by atoms with E-state index in [1.807, 2.05) is 0 Å². The van der Waals surface area contributed by atoms with E-state index in [2.05, 4.69) is 14.5 Å². The molecule has 0 bridgehead atoms. The summed E-state index contributed by atoms with van der Waals surface area (Å²) in [7, 11) is 0. The maximum atomic E-state index is 11.9. The van der Waals surface area contributed by atoms with Gasteiger partial charge in [0.25, 0.3) is 0 Å². The SMILES string of the molecule is CCOC(=O)c1ccc(OC(F)(F)F)nc1Cl. The summed E-state index contributed by atoms with van der Waals surface area (Å²) >= 11 is 5.53. The molecular weight excluding hydrogens is 263 g/mol. The van der Waals surface area contributed by atoms with Gasteiger partial charge in [-0.3, -0.25) is 0 Å². The van der Waals surface area contributed by atoms with Crippen molar-refractivity contribution in [1.29, 1.82) is 0 Å². The number of carbonyl (C=O) groups is 1. The van der Waals surface area contributed by atoms with Gasteiger partial charge in [-0.05, 0) is 13.0 Å². The second kappa shape index (κ2) is 5.22. The molecule has 0 amide bonds. The van der Waals surface area contributed by atoms with Crippen molar-refractivity contribution in [2.45, 2.75) is 13.3 Å². The molecule has 0 spiro atoms. The zero-order valence-corrected chi connectivity index (χ0v) is 9.30. The van der Waals surface area contributed by atoms with Crippen molar-refractivity contribution in [3.8, 4) is 5.88 Å². The van der Waals surface area contributed by atoms with E-state index >= 15 is 0 Å². The number of hydrogen-bond acceptors (Lipinski definition) is 4. The molecule has 94 valence electrons. The Morgan fingerprint density at radius 2 is 2.12 bits per heavy atom. The van der Waals surface area contributed by atoms with Crippen LogP contribution in [0.2, 0.25) is 5.15 Å². The summed E-state index contributed by atoms with van der Waals surface area (Å²) < 4.78 is 43.7. The van der Waals surface area contributed by atoms with Crippen LogP contribution in [-0.4, -0.2) is 23.9 Å². The molecule has 8 heteroatoms. The molecule has 0 fully saturated rings. The minimum Gasteiger partial charge on any atom is -0.462 e. The molecule has 0 atom stereocenters. The van der Waals surface area contributed by atoms with Crippen molar-refractivity contribution in [3.05, 3.63) is 22.8 Å². The van der Waals surface area contributed by atoms with E-state index in [-0.39, 0.29) is 12.2 Å². The number of alkyl halides is 3. The normalized spacial score (nSPS) is 11.1. The van der Waals surface area contributed by atoms with Gasteiger partial charge < -0.3 is 9.47 Å². The smallest absolute Gasteiger partial charge is 0.462 e. The Labute approximate surface area is 99.3 Å². The van der Waals surface area contributed by atoms with Crippen molar-refractivity contribution in [3.63, 3.8) is 0 Å². The van der Waals surface area contributed by atoms with E-state index in [4.69, 9.17) is 11.6 Å². The fourth-order valence-corrected chi connectivity index (χ4v) is 1.18. The van der Waals surface area contributed by atoms with Crippen LogP contribution in [0.25, 0.3) is 0 Å². The van der Waals surface area contributed by atoms with Crippen molar-refractivity contribution in [2.75, 3.05) is 6.61 Å². The molecule has 0 aromatic carbocycles. The predicted octanol–water partition coefficient (Wildman–Crippen LogP) is 2.81. The average Bonchev–Trinajstić information content (AvgIpc) is 2.15. The van der Waals surface area contributed by atoms with Crippen LogP contribution in [0.4, 0.5) is 13.2 Å². The van der Waals surface area contributed by atoms with Crippen molar-refractivity contribution in [1.82, 2.24) is 4.98 Å². The van der Waals surface area contributed by atoms with E-state index in [1.165, 1.54) is 0 Å². The topological polar surface area (TPSA) is 48.4 Å². The number of halogens is 4. The third-order valence-corrected chi connectivity index (χ3v) is 1.83. The van der Waals surface area contributed by atoms with Crippen LogP contribution in [0.1, 0.15) is 17.3 Å². The van der Waals surface area contributed by atoms with Gasteiger partial charge in [-0.2, -0.15) is 0 Å². The number of aromatic nitrogens is 1. The number of esters is 1. The predicted molar refractivity (Wildman–Crippen MR) is 51.9 cm³/mol. The molecule has 1 aromatic rings. The fourth-order valence-electron chi connectivity index (χ4n) is 0.954. The molecule has 17 heavy (non-hydrogen) atoms. The minimum absolute atomic E-state index is 0.121. The molecule has 0 N–H and O–H groups in total. The van der Waals surface area contributed by atoms with Crippen LogP contribution in [0.15, 0.2) is 12.1 Å². The highest BCUT2D eigenvalue weighted by molar-refractivity contribution is 6.32. The number of nitrogens with zero attached hydrogens (tertiary/aromatic N) is 1. The summed E-state index contributed by atoms with van der Waals surface area (Å²) in [6, 6.07) is 1.93. The monoisotopic (exact) mass is 269 g/mol. The van der Waals surface area contributed by atoms with Gasteiger partial charge in [0.15, 0.2) is 0 Å². The van der Waals surface area contributed by atoms with Gasteiger partial charge in [0.2, 0.25) is 5.88 Å². The first-order valence-corrected chi connectivity index (χ1v) is 4.80. The lowest BCUT2D eigenvalue weighted by atomic mass is 10.3. The highest BCUT2D eigenvalue weighted by Gasteiger charge is 2.32. The second-order valence-corrected chi connectivity index (χ2v) is 3.11. The molecule has 0 unspecified atom stereocenters. The molecular formula is C9H7ClF3NO3. The van der Waals surface area contributed by atoms with Crippen LogP contribution in [0.5, 0.6) is 5.88 Å². The summed E-state index contributed by atoms with van der Waals surface area (Å²) in [5, 5.41) is -0.412. The van der Waals surface area contributed by atoms with Crippen LogP contribution >= 0.6 is 11.6 Å². The van der Waals surface area contributed by atoms with E-state index < -0.39 is 23.4 Å². The largest absolute Gasteiger partial charge is 0.574 e. The maximum absolute atomic E-state index is 11.9. The third kappa shape index (κ3) is 4.10. The molecule has 1 heterocycles. The lowest BCUT2D eigenvalue weighted by molar-refractivity contribution is -0.276. The van der Waals surface area contributed by atoms with Crippen LogP contribution in [-0.2, 0) is 4.74 Å². The highest BCUT2D eigenvalue weighted by Crippen LogP contribution is 2.24. The molecule has 0 aliphatic heterocycles. The van der Waals surface area contributed by atoms with Gasteiger partial charge in [-0.1, -0.05) is 11.6 Å². The Kier molecular flexibility index (Phi) is 4.17. The zero-order valence-electron chi connectivity index (χ0n) is 8.55. The van der Waals surface area contributed by atoms with Crippen LogP contribution in [0, 0.1) is 0 Å². The number of ether oxygens (including phenoxy) is 2. The summed E-state index contributed by atoms with van der Waals surface area (Å²) in [4.78, 5) is 14.5. The van der Waals surface area contributed by atoms with Gasteiger partial charge in [0.05, 0.1) is 12.2 Å². The van der Waals surface area contributed by atoms with Crippen LogP contribution in [0.3, 0.4) is 0 Å². The Balaban J connectivity index is 2.90. The summed E-state index contributed by atoms with van der Waals surface area (Å²) in [5.41, 5.74) is -0.122. The second-order valence-electron chi connectivity index (χ2n) is 2.76. The molecule has 1 aromatic heterocycles. The molecule has 0 aliphatic carbocycles. The van der Waals surface area contributed by atoms with Gasteiger partial charge in [-0.25, -0.2) is 9.78 Å². The Morgan fingerprint density at radius 1 is 1.47 bits per heavy atom. The lowest BCUT2D eigenvalue weighted by Crippen LogP contribution is -2.18. The van der Waals surface area contributed by atoms with E-state index in [1.54, 1.807) is 6.92 Å². The van der Waals surface area contributed by atoms with E-state index in [0.717, 1.165) is 12.1 Å². The van der Waals surface area contributed by atoms with Crippen molar-refractivity contribution in [2.24, 2.45) is 0 Å². The number of pyridine rings is 1. The van der Waals surface area contributed by atoms with Crippen molar-refractivity contribution < 1.29 is 27.4 Å². The Hall–Kier alpha value is -1.50. The van der Waals surface area contributed by atoms with Crippen molar-refractivity contribution >= 4 is 17.6 Å². The van der Waals surface area contributed by atoms with E-state index in [0.29, 0.717) is 0 Å². The first kappa shape index (κ1) is 13.6. The summed E-state index contributed by atoms with van der Waals surface area (Å²) in [6.45, 7) is 1.70. The molecule has 0 saturated heterocycles. The Morgan fingerprint density at radius 3 is 2.59 bits per heavy atom. The third-order valence-electron chi connectivity index (χ3n) is 1.54. The first-order chi connectivity index (χ1) is 7.83. The molecule has 0 aliphatic rings. The molecule has 0 radical (unpaired) electrons.